The molecule has 8 atom stereocenters. The van der Waals surface area contributed by atoms with E-state index in [1.54, 1.807) is 11.9 Å². The van der Waals surface area contributed by atoms with Gasteiger partial charge in [0.05, 0.1) is 30.1 Å². The quantitative estimate of drug-likeness (QED) is 0.468. The highest BCUT2D eigenvalue weighted by atomic mass is 16.5. The molecule has 3 aliphatic rings. The largest absolute Gasteiger partial charge is 0.394 e. The number of hydrogen-bond acceptors (Lipinski definition) is 5. The van der Waals surface area contributed by atoms with Crippen LogP contribution < -0.4 is 10.6 Å². The van der Waals surface area contributed by atoms with Crippen LogP contribution in [0.25, 0.3) is 0 Å². The predicted molar refractivity (Wildman–Crippen MR) is 121 cm³/mol. The van der Waals surface area contributed by atoms with Gasteiger partial charge < -0.3 is 25.4 Å². The van der Waals surface area contributed by atoms with Crippen LogP contribution in [0.4, 0.5) is 0 Å². The van der Waals surface area contributed by atoms with Crippen molar-refractivity contribution in [2.24, 2.45) is 17.8 Å². The van der Waals surface area contributed by atoms with Crippen molar-refractivity contribution in [1.29, 1.82) is 0 Å². The van der Waals surface area contributed by atoms with Crippen LogP contribution in [0.3, 0.4) is 0 Å². The number of aliphatic hydroxyl groups is 1. The van der Waals surface area contributed by atoms with Crippen molar-refractivity contribution in [2.45, 2.75) is 102 Å². The first-order valence-corrected chi connectivity index (χ1v) is 12.3. The SMILES string of the molecule is CCCC(C)NC(=O)C1N([C@@H](CO)[C@@H](C)CC)C(=O)[C@@H]2[C@@H](C(=O)NC)[C@@]3(CC)CCC12O3. The van der Waals surface area contributed by atoms with Gasteiger partial charge in [0.2, 0.25) is 17.7 Å². The summed E-state index contributed by atoms with van der Waals surface area (Å²) in [6.45, 7) is 9.76. The second-order valence-corrected chi connectivity index (χ2v) is 10.0. The van der Waals surface area contributed by atoms with Crippen LogP contribution in [0.5, 0.6) is 0 Å². The number of ether oxygens (including phenoxy) is 1. The Morgan fingerprint density at radius 3 is 2.44 bits per heavy atom. The number of nitrogens with one attached hydrogen (secondary N) is 2. The Hall–Kier alpha value is -1.67. The Balaban J connectivity index is 2.11. The van der Waals surface area contributed by atoms with Crippen molar-refractivity contribution in [3.05, 3.63) is 0 Å². The molecule has 0 aliphatic carbocycles. The minimum absolute atomic E-state index is 0.00155. The van der Waals surface area contributed by atoms with E-state index in [2.05, 4.69) is 17.6 Å². The minimum atomic E-state index is -1.04. The zero-order valence-electron chi connectivity index (χ0n) is 20.4. The number of rotatable bonds is 10. The maximum atomic E-state index is 14.0. The van der Waals surface area contributed by atoms with Gasteiger partial charge in [-0.1, -0.05) is 40.5 Å². The van der Waals surface area contributed by atoms with Crippen molar-refractivity contribution in [1.82, 2.24) is 15.5 Å². The second kappa shape index (κ2) is 9.29. The number of hydrogen-bond donors (Lipinski definition) is 3. The highest BCUT2D eigenvalue weighted by Crippen LogP contribution is 2.64. The van der Waals surface area contributed by atoms with Gasteiger partial charge in [-0.05, 0) is 38.5 Å². The van der Waals surface area contributed by atoms with E-state index in [0.717, 1.165) is 19.3 Å². The summed E-state index contributed by atoms with van der Waals surface area (Å²) in [5, 5.41) is 16.1. The van der Waals surface area contributed by atoms with Crippen molar-refractivity contribution in [3.8, 4) is 0 Å². The zero-order chi connectivity index (χ0) is 23.8. The monoisotopic (exact) mass is 451 g/mol. The minimum Gasteiger partial charge on any atom is -0.394 e. The molecular formula is C24H41N3O5. The third-order valence-corrected chi connectivity index (χ3v) is 8.35. The molecule has 3 rings (SSSR count). The number of amides is 3. The second-order valence-electron chi connectivity index (χ2n) is 10.0. The lowest BCUT2D eigenvalue weighted by Gasteiger charge is -2.39. The Morgan fingerprint density at radius 2 is 1.91 bits per heavy atom. The molecule has 3 heterocycles. The van der Waals surface area contributed by atoms with Gasteiger partial charge in [0.15, 0.2) is 0 Å². The smallest absolute Gasteiger partial charge is 0.246 e. The fourth-order valence-electron chi connectivity index (χ4n) is 6.51. The molecule has 0 radical (unpaired) electrons. The first-order valence-electron chi connectivity index (χ1n) is 12.3. The third-order valence-electron chi connectivity index (χ3n) is 8.35. The lowest BCUT2D eigenvalue weighted by Crippen LogP contribution is -2.60. The first-order chi connectivity index (χ1) is 15.2. The highest BCUT2D eigenvalue weighted by molar-refractivity contribution is 5.99. The highest BCUT2D eigenvalue weighted by Gasteiger charge is 2.79. The Labute approximate surface area is 191 Å². The van der Waals surface area contributed by atoms with E-state index in [4.69, 9.17) is 4.74 Å². The summed E-state index contributed by atoms with van der Waals surface area (Å²) in [5.74, 6) is -2.05. The Morgan fingerprint density at radius 1 is 1.22 bits per heavy atom. The molecule has 3 saturated heterocycles. The molecule has 2 bridgehead atoms. The summed E-state index contributed by atoms with van der Waals surface area (Å²) in [6, 6.07) is -1.40. The molecule has 32 heavy (non-hydrogen) atoms. The zero-order valence-corrected chi connectivity index (χ0v) is 20.4. The van der Waals surface area contributed by atoms with Crippen LogP contribution in [0.15, 0.2) is 0 Å². The Kier molecular flexibility index (Phi) is 7.25. The van der Waals surface area contributed by atoms with Gasteiger partial charge in [-0.3, -0.25) is 14.4 Å². The van der Waals surface area contributed by atoms with Crippen molar-refractivity contribution in [3.63, 3.8) is 0 Å². The molecule has 3 aliphatic heterocycles. The summed E-state index contributed by atoms with van der Waals surface area (Å²) in [5.41, 5.74) is -1.77. The number of carbonyl (C=O) groups excluding carboxylic acids is 3. The fraction of sp³-hybridized carbons (Fsp3) is 0.875. The third kappa shape index (κ3) is 3.54. The topological polar surface area (TPSA) is 108 Å². The first kappa shape index (κ1) is 25.0. The van der Waals surface area contributed by atoms with Gasteiger partial charge >= 0.3 is 0 Å². The molecule has 1 spiro atoms. The van der Waals surface area contributed by atoms with E-state index in [0.29, 0.717) is 19.3 Å². The van der Waals surface area contributed by atoms with Crippen LogP contribution in [-0.4, -0.2) is 70.7 Å². The molecule has 0 saturated carbocycles. The van der Waals surface area contributed by atoms with Crippen molar-refractivity contribution in [2.75, 3.05) is 13.7 Å². The predicted octanol–water partition coefficient (Wildman–Crippen LogP) is 1.60. The van der Waals surface area contributed by atoms with Crippen LogP contribution in [0.2, 0.25) is 0 Å². The molecule has 3 unspecified atom stereocenters. The van der Waals surface area contributed by atoms with Gasteiger partial charge in [-0.2, -0.15) is 0 Å². The van der Waals surface area contributed by atoms with E-state index in [-0.39, 0.29) is 36.3 Å². The molecule has 3 amide bonds. The molecular weight excluding hydrogens is 410 g/mol. The lowest BCUT2D eigenvalue weighted by molar-refractivity contribution is -0.152. The van der Waals surface area contributed by atoms with Gasteiger partial charge in [-0.15, -0.1) is 0 Å². The number of likely N-dealkylation sites (tertiary alicyclic amines) is 1. The summed E-state index contributed by atoms with van der Waals surface area (Å²) >= 11 is 0. The van der Waals surface area contributed by atoms with Gasteiger partial charge in [0.1, 0.15) is 11.6 Å². The standard InChI is InChI=1S/C24H41N3O5/c1-7-10-15(5)26-21(30)19-24-12-11-23(9-3,32-24)17(20(29)25-6)18(24)22(31)27(19)16(13-28)14(4)8-2/h14-19,28H,7-13H2,1-6H3,(H,25,29)(H,26,30)/t14-,15?,16-,17-,18-,19?,23+,24?/m0/s1. The van der Waals surface area contributed by atoms with E-state index in [9.17, 15) is 19.5 Å². The molecule has 0 aromatic heterocycles. The van der Waals surface area contributed by atoms with Crippen LogP contribution in [-0.2, 0) is 19.1 Å². The number of aliphatic hydroxyl groups excluding tert-OH is 1. The average molecular weight is 452 g/mol. The summed E-state index contributed by atoms with van der Waals surface area (Å²) < 4.78 is 6.67. The van der Waals surface area contributed by atoms with Crippen LogP contribution in [0, 0.1) is 17.8 Å². The molecule has 182 valence electrons. The van der Waals surface area contributed by atoms with E-state index in [1.165, 1.54) is 0 Å². The number of nitrogens with zero attached hydrogens (tertiary/aromatic N) is 1. The molecule has 3 fully saturated rings. The average Bonchev–Trinajstić information content (AvgIpc) is 3.37. The van der Waals surface area contributed by atoms with E-state index >= 15 is 0 Å². The number of fused-ring (bicyclic) bond motifs is 1. The molecule has 3 N–H and O–H groups in total. The number of carbonyl (C=O) groups is 3. The summed E-state index contributed by atoms with van der Waals surface area (Å²) in [7, 11) is 1.58. The van der Waals surface area contributed by atoms with Crippen molar-refractivity contribution >= 4 is 17.7 Å². The molecule has 8 nitrogen and oxygen atoms in total. The van der Waals surface area contributed by atoms with Crippen LogP contribution in [0.1, 0.15) is 73.1 Å². The molecule has 8 heteroatoms. The summed E-state index contributed by atoms with van der Waals surface area (Å²) in [4.78, 5) is 42.3. The van der Waals surface area contributed by atoms with Crippen LogP contribution >= 0.6 is 0 Å². The maximum Gasteiger partial charge on any atom is 0.246 e. The van der Waals surface area contributed by atoms with E-state index in [1.807, 2.05) is 27.7 Å². The van der Waals surface area contributed by atoms with E-state index < -0.39 is 35.1 Å². The fourth-order valence-corrected chi connectivity index (χ4v) is 6.51. The maximum absolute atomic E-state index is 14.0. The molecule has 0 aromatic carbocycles. The normalized spacial score (nSPS) is 36.0. The van der Waals surface area contributed by atoms with Gasteiger partial charge in [0.25, 0.3) is 0 Å². The van der Waals surface area contributed by atoms with Gasteiger partial charge in [-0.25, -0.2) is 0 Å². The van der Waals surface area contributed by atoms with Gasteiger partial charge in [0, 0.05) is 13.1 Å². The summed E-state index contributed by atoms with van der Waals surface area (Å²) in [6.07, 6.45) is 4.32. The lowest BCUT2D eigenvalue weighted by atomic mass is 9.65. The van der Waals surface area contributed by atoms with Crippen molar-refractivity contribution < 1.29 is 24.2 Å². The molecule has 0 aromatic rings. The Bertz CT molecular complexity index is 745.